The van der Waals surface area contributed by atoms with Crippen molar-refractivity contribution in [1.29, 1.82) is 0 Å². The molecule has 0 saturated carbocycles. The monoisotopic (exact) mass is 346 g/mol. The second-order valence-corrected chi connectivity index (χ2v) is 8.51. The maximum absolute atomic E-state index is 12.7. The number of carbonyl (C=O) groups excluding carboxylic acids is 1. The molecule has 4 nitrogen and oxygen atoms in total. The smallest absolute Gasteiger partial charge is 0.410 e. The number of carbonyl (C=O) groups is 1. The third-order valence-electron chi connectivity index (χ3n) is 4.50. The van der Waals surface area contributed by atoms with E-state index in [1.807, 2.05) is 25.7 Å². The van der Waals surface area contributed by atoms with Crippen LogP contribution >= 0.6 is 0 Å². The number of ether oxygens (including phenoxy) is 1. The van der Waals surface area contributed by atoms with E-state index in [9.17, 15) is 4.79 Å². The molecule has 1 saturated heterocycles. The molecule has 1 amide bonds. The van der Waals surface area contributed by atoms with Crippen molar-refractivity contribution < 1.29 is 9.53 Å². The van der Waals surface area contributed by atoms with Gasteiger partial charge in [-0.3, -0.25) is 4.90 Å². The normalized spacial score (nSPS) is 19.8. The van der Waals surface area contributed by atoms with Crippen LogP contribution in [0.2, 0.25) is 0 Å². The van der Waals surface area contributed by atoms with Gasteiger partial charge in [-0.1, -0.05) is 44.2 Å². The van der Waals surface area contributed by atoms with E-state index in [1.54, 1.807) is 0 Å². The average molecular weight is 347 g/mol. The minimum Gasteiger partial charge on any atom is -0.444 e. The Morgan fingerprint density at radius 2 is 1.84 bits per heavy atom. The van der Waals surface area contributed by atoms with Crippen molar-refractivity contribution >= 4 is 6.09 Å². The zero-order valence-corrected chi connectivity index (χ0v) is 16.5. The van der Waals surface area contributed by atoms with Crippen LogP contribution in [0.25, 0.3) is 0 Å². The molecule has 4 heteroatoms. The summed E-state index contributed by atoms with van der Waals surface area (Å²) in [6.07, 6.45) is 1.86. The van der Waals surface area contributed by atoms with E-state index >= 15 is 0 Å². The van der Waals surface area contributed by atoms with Gasteiger partial charge in [-0.25, -0.2) is 4.79 Å². The van der Waals surface area contributed by atoms with Gasteiger partial charge >= 0.3 is 6.09 Å². The molecule has 2 rings (SSSR count). The zero-order valence-electron chi connectivity index (χ0n) is 16.5. The van der Waals surface area contributed by atoms with E-state index in [0.717, 1.165) is 39.0 Å². The average Bonchev–Trinajstić information content (AvgIpc) is 2.69. The first-order valence-corrected chi connectivity index (χ1v) is 9.50. The highest BCUT2D eigenvalue weighted by atomic mass is 16.6. The summed E-state index contributed by atoms with van der Waals surface area (Å²) in [4.78, 5) is 17.1. The van der Waals surface area contributed by atoms with Gasteiger partial charge in [0.15, 0.2) is 0 Å². The Balaban J connectivity index is 2.05. The van der Waals surface area contributed by atoms with Gasteiger partial charge in [-0.15, -0.1) is 0 Å². The van der Waals surface area contributed by atoms with Gasteiger partial charge in [0.25, 0.3) is 0 Å². The van der Waals surface area contributed by atoms with Crippen LogP contribution in [0.4, 0.5) is 4.79 Å². The van der Waals surface area contributed by atoms with Crippen LogP contribution in [-0.2, 0) is 11.3 Å². The maximum atomic E-state index is 12.7. The summed E-state index contributed by atoms with van der Waals surface area (Å²) in [5.41, 5.74) is 0.879. The van der Waals surface area contributed by atoms with Gasteiger partial charge < -0.3 is 9.64 Å². The van der Waals surface area contributed by atoms with Crippen LogP contribution < -0.4 is 0 Å². The lowest BCUT2D eigenvalue weighted by atomic mass is 10.00. The van der Waals surface area contributed by atoms with Crippen molar-refractivity contribution in [3.8, 4) is 0 Å². The van der Waals surface area contributed by atoms with Crippen molar-refractivity contribution in [2.45, 2.75) is 65.6 Å². The second kappa shape index (κ2) is 8.70. The summed E-state index contributed by atoms with van der Waals surface area (Å²) < 4.78 is 5.67. The number of amides is 1. The first-order valence-electron chi connectivity index (χ1n) is 9.50. The molecule has 1 aliphatic heterocycles. The highest BCUT2D eigenvalue weighted by molar-refractivity contribution is 5.68. The largest absolute Gasteiger partial charge is 0.444 e. The standard InChI is InChI=1S/C21H34N2O2/c1-17(2)15-19-11-12-22(16-18-9-7-6-8-10-18)13-14-23(19)20(24)25-21(3,4)5/h6-10,17,19H,11-16H2,1-5H3/t19-/m1/s1. The molecule has 1 aliphatic rings. The molecule has 1 atom stereocenters. The van der Waals surface area contributed by atoms with Crippen LogP contribution in [0, 0.1) is 5.92 Å². The van der Waals surface area contributed by atoms with E-state index in [0.29, 0.717) is 5.92 Å². The summed E-state index contributed by atoms with van der Waals surface area (Å²) in [5.74, 6) is 0.565. The van der Waals surface area contributed by atoms with Crippen molar-refractivity contribution in [3.63, 3.8) is 0 Å². The summed E-state index contributed by atoms with van der Waals surface area (Å²) in [5, 5.41) is 0. The fourth-order valence-corrected chi connectivity index (χ4v) is 3.38. The highest BCUT2D eigenvalue weighted by Crippen LogP contribution is 2.22. The third kappa shape index (κ3) is 6.69. The lowest BCUT2D eigenvalue weighted by molar-refractivity contribution is 0.0152. The van der Waals surface area contributed by atoms with Crippen LogP contribution in [0.5, 0.6) is 0 Å². The Labute approximate surface area is 153 Å². The Hall–Kier alpha value is -1.55. The number of benzene rings is 1. The Kier molecular flexibility index (Phi) is 6.88. The van der Waals surface area contributed by atoms with Gasteiger partial charge in [0.1, 0.15) is 5.60 Å². The minimum atomic E-state index is -0.449. The van der Waals surface area contributed by atoms with Gasteiger partial charge in [0, 0.05) is 32.2 Å². The van der Waals surface area contributed by atoms with E-state index in [1.165, 1.54) is 5.56 Å². The Bertz CT molecular complexity index is 537. The summed E-state index contributed by atoms with van der Waals surface area (Å²) >= 11 is 0. The predicted octanol–water partition coefficient (Wildman–Crippen LogP) is 4.54. The van der Waals surface area contributed by atoms with Crippen molar-refractivity contribution in [1.82, 2.24) is 9.80 Å². The minimum absolute atomic E-state index is 0.167. The van der Waals surface area contributed by atoms with Crippen molar-refractivity contribution in [3.05, 3.63) is 35.9 Å². The van der Waals surface area contributed by atoms with Crippen LogP contribution in [-0.4, -0.2) is 47.2 Å². The molecule has 1 fully saturated rings. The second-order valence-electron chi connectivity index (χ2n) is 8.51. The number of rotatable bonds is 4. The molecular weight excluding hydrogens is 312 g/mol. The van der Waals surface area contributed by atoms with Crippen LogP contribution in [0.3, 0.4) is 0 Å². The molecule has 0 N–H and O–H groups in total. The molecule has 1 aromatic carbocycles. The molecule has 1 heterocycles. The summed E-state index contributed by atoms with van der Waals surface area (Å²) in [6, 6.07) is 10.8. The predicted molar refractivity (Wildman–Crippen MR) is 103 cm³/mol. The van der Waals surface area contributed by atoms with E-state index < -0.39 is 5.60 Å². The summed E-state index contributed by atoms with van der Waals surface area (Å²) in [7, 11) is 0. The first kappa shape index (κ1) is 19.8. The fourth-order valence-electron chi connectivity index (χ4n) is 3.38. The molecule has 0 aliphatic carbocycles. The van der Waals surface area contributed by atoms with E-state index in [4.69, 9.17) is 4.74 Å². The van der Waals surface area contributed by atoms with Gasteiger partial charge in [-0.05, 0) is 45.1 Å². The molecule has 1 aromatic rings. The van der Waals surface area contributed by atoms with E-state index in [2.05, 4.69) is 49.1 Å². The summed E-state index contributed by atoms with van der Waals surface area (Å²) in [6.45, 7) is 13.8. The highest BCUT2D eigenvalue weighted by Gasteiger charge is 2.31. The molecule has 0 spiro atoms. The Morgan fingerprint density at radius 1 is 1.16 bits per heavy atom. The first-order chi connectivity index (χ1) is 11.7. The number of hydrogen-bond donors (Lipinski definition) is 0. The van der Waals surface area contributed by atoms with Crippen LogP contribution in [0.1, 0.15) is 53.0 Å². The fraction of sp³-hybridized carbons (Fsp3) is 0.667. The molecule has 0 bridgehead atoms. The number of hydrogen-bond acceptors (Lipinski definition) is 3. The third-order valence-corrected chi connectivity index (χ3v) is 4.50. The van der Waals surface area contributed by atoms with Crippen molar-refractivity contribution in [2.24, 2.45) is 5.92 Å². The topological polar surface area (TPSA) is 32.8 Å². The SMILES string of the molecule is CC(C)C[C@H]1CCN(Cc2ccccc2)CCN1C(=O)OC(C)(C)C. The molecule has 25 heavy (non-hydrogen) atoms. The van der Waals surface area contributed by atoms with E-state index in [-0.39, 0.29) is 12.1 Å². The molecule has 0 unspecified atom stereocenters. The maximum Gasteiger partial charge on any atom is 0.410 e. The van der Waals surface area contributed by atoms with Gasteiger partial charge in [-0.2, -0.15) is 0 Å². The lowest BCUT2D eigenvalue weighted by Gasteiger charge is -2.32. The van der Waals surface area contributed by atoms with Crippen LogP contribution in [0.15, 0.2) is 30.3 Å². The van der Waals surface area contributed by atoms with Gasteiger partial charge in [0.05, 0.1) is 0 Å². The quantitative estimate of drug-likeness (QED) is 0.802. The van der Waals surface area contributed by atoms with Gasteiger partial charge in [0.2, 0.25) is 0 Å². The molecular formula is C21H34N2O2. The zero-order chi connectivity index (χ0) is 18.4. The lowest BCUT2D eigenvalue weighted by Crippen LogP contribution is -2.44. The molecule has 140 valence electrons. The number of nitrogens with zero attached hydrogens (tertiary/aromatic N) is 2. The Morgan fingerprint density at radius 3 is 2.44 bits per heavy atom. The molecule has 0 radical (unpaired) electrons. The van der Waals surface area contributed by atoms with Crippen molar-refractivity contribution in [2.75, 3.05) is 19.6 Å². The molecule has 0 aromatic heterocycles.